The maximum Gasteiger partial charge on any atom is 0.306 e. The van der Waals surface area contributed by atoms with Crippen molar-refractivity contribution in [2.45, 2.75) is 70.3 Å². The van der Waals surface area contributed by atoms with E-state index >= 15 is 0 Å². The number of hydrogen-bond donors (Lipinski definition) is 2. The van der Waals surface area contributed by atoms with Gasteiger partial charge in [0, 0.05) is 6.04 Å². The summed E-state index contributed by atoms with van der Waals surface area (Å²) in [4.78, 5) is 11.1. The second-order valence-corrected chi connectivity index (χ2v) is 5.08. The molecular weight excluding hydrogens is 202 g/mol. The van der Waals surface area contributed by atoms with Crippen LogP contribution in [-0.2, 0) is 4.79 Å². The Morgan fingerprint density at radius 3 is 2.00 bits per heavy atom. The van der Waals surface area contributed by atoms with Crippen molar-refractivity contribution in [1.82, 2.24) is 0 Å². The Morgan fingerprint density at radius 1 is 0.938 bits per heavy atom. The van der Waals surface area contributed by atoms with Crippen LogP contribution in [0.1, 0.15) is 64.2 Å². The summed E-state index contributed by atoms with van der Waals surface area (Å²) in [7, 11) is 0. The molecule has 0 aromatic rings. The molecule has 2 unspecified atom stereocenters. The minimum Gasteiger partial charge on any atom is -0.481 e. The number of aliphatic carboxylic acids is 1. The summed E-state index contributed by atoms with van der Waals surface area (Å²) in [5.74, 6) is -0.873. The first-order chi connectivity index (χ1) is 7.70. The lowest BCUT2D eigenvalue weighted by molar-refractivity contribution is -0.142. The Morgan fingerprint density at radius 2 is 1.44 bits per heavy atom. The van der Waals surface area contributed by atoms with Gasteiger partial charge in [-0.15, -0.1) is 0 Å². The number of carboxylic acids is 1. The maximum atomic E-state index is 11.1. The molecule has 3 nitrogen and oxygen atoms in total. The van der Waals surface area contributed by atoms with Crippen molar-refractivity contribution in [2.75, 3.05) is 0 Å². The standard InChI is InChI=1S/C13H25NO2/c14-12-9-7-5-3-1-2-4-6-8-11(10-12)13(15)16/h11-12H,1-10,14H2,(H,15,16). The zero-order valence-corrected chi connectivity index (χ0v) is 10.2. The summed E-state index contributed by atoms with van der Waals surface area (Å²) < 4.78 is 0. The normalized spacial score (nSPS) is 30.1. The molecule has 1 aliphatic rings. The number of carboxylic acid groups (broad SMARTS) is 1. The third-order valence-corrected chi connectivity index (χ3v) is 3.56. The number of carbonyl (C=O) groups is 1. The van der Waals surface area contributed by atoms with Crippen LogP contribution in [0.15, 0.2) is 0 Å². The summed E-state index contributed by atoms with van der Waals surface area (Å²) in [6, 6.07) is 0.0838. The highest BCUT2D eigenvalue weighted by atomic mass is 16.4. The lowest BCUT2D eigenvalue weighted by atomic mass is 9.91. The van der Waals surface area contributed by atoms with E-state index in [0.717, 1.165) is 25.7 Å². The van der Waals surface area contributed by atoms with Gasteiger partial charge in [-0.25, -0.2) is 0 Å². The van der Waals surface area contributed by atoms with E-state index in [0.29, 0.717) is 6.42 Å². The zero-order valence-electron chi connectivity index (χ0n) is 10.2. The molecule has 16 heavy (non-hydrogen) atoms. The van der Waals surface area contributed by atoms with E-state index in [4.69, 9.17) is 10.8 Å². The molecule has 1 saturated carbocycles. The van der Waals surface area contributed by atoms with E-state index in [2.05, 4.69) is 0 Å². The lowest BCUT2D eigenvalue weighted by Crippen LogP contribution is -2.27. The van der Waals surface area contributed by atoms with E-state index in [1.807, 2.05) is 0 Å². The molecule has 0 radical (unpaired) electrons. The molecule has 0 spiro atoms. The predicted octanol–water partition coefficient (Wildman–Crippen LogP) is 2.93. The van der Waals surface area contributed by atoms with Gasteiger partial charge in [-0.2, -0.15) is 0 Å². The van der Waals surface area contributed by atoms with Gasteiger partial charge in [0.1, 0.15) is 0 Å². The van der Waals surface area contributed by atoms with Crippen LogP contribution in [0.5, 0.6) is 0 Å². The van der Waals surface area contributed by atoms with Crippen molar-refractivity contribution in [2.24, 2.45) is 11.7 Å². The lowest BCUT2D eigenvalue weighted by Gasteiger charge is -2.18. The van der Waals surface area contributed by atoms with Gasteiger partial charge in [-0.05, 0) is 19.3 Å². The molecule has 0 aromatic carbocycles. The smallest absolute Gasteiger partial charge is 0.306 e. The minimum absolute atomic E-state index is 0.0838. The fraction of sp³-hybridized carbons (Fsp3) is 0.923. The fourth-order valence-electron chi connectivity index (χ4n) is 2.51. The van der Waals surface area contributed by atoms with E-state index in [1.54, 1.807) is 0 Å². The first-order valence-electron chi connectivity index (χ1n) is 6.68. The van der Waals surface area contributed by atoms with Gasteiger partial charge in [0.25, 0.3) is 0 Å². The first-order valence-corrected chi connectivity index (χ1v) is 6.68. The monoisotopic (exact) mass is 227 g/mol. The van der Waals surface area contributed by atoms with Gasteiger partial charge in [0.2, 0.25) is 0 Å². The van der Waals surface area contributed by atoms with Crippen LogP contribution < -0.4 is 5.73 Å². The van der Waals surface area contributed by atoms with Crippen molar-refractivity contribution in [3.63, 3.8) is 0 Å². The molecule has 0 aliphatic heterocycles. The van der Waals surface area contributed by atoms with Crippen LogP contribution >= 0.6 is 0 Å². The van der Waals surface area contributed by atoms with Gasteiger partial charge < -0.3 is 10.8 Å². The van der Waals surface area contributed by atoms with Crippen molar-refractivity contribution in [3.8, 4) is 0 Å². The molecule has 0 aromatic heterocycles. The van der Waals surface area contributed by atoms with Crippen LogP contribution in [0, 0.1) is 5.92 Å². The Bertz CT molecular complexity index is 206. The Hall–Kier alpha value is -0.570. The van der Waals surface area contributed by atoms with Crippen LogP contribution in [0.4, 0.5) is 0 Å². The summed E-state index contributed by atoms with van der Waals surface area (Å²) in [6.07, 6.45) is 11.0. The largest absolute Gasteiger partial charge is 0.481 e. The quantitative estimate of drug-likeness (QED) is 0.724. The molecule has 3 N–H and O–H groups in total. The van der Waals surface area contributed by atoms with E-state index in [-0.39, 0.29) is 12.0 Å². The van der Waals surface area contributed by atoms with Crippen molar-refractivity contribution in [3.05, 3.63) is 0 Å². The van der Waals surface area contributed by atoms with Gasteiger partial charge in [-0.1, -0.05) is 44.9 Å². The zero-order chi connectivity index (χ0) is 11.8. The Balaban J connectivity index is 2.41. The van der Waals surface area contributed by atoms with Crippen molar-refractivity contribution < 1.29 is 9.90 Å². The van der Waals surface area contributed by atoms with Gasteiger partial charge in [0.05, 0.1) is 5.92 Å². The molecule has 1 fully saturated rings. The Labute approximate surface area is 98.4 Å². The summed E-state index contributed by atoms with van der Waals surface area (Å²) >= 11 is 0. The molecule has 0 heterocycles. The highest BCUT2D eigenvalue weighted by Crippen LogP contribution is 2.20. The van der Waals surface area contributed by atoms with Crippen LogP contribution in [0.2, 0.25) is 0 Å². The first kappa shape index (κ1) is 13.5. The van der Waals surface area contributed by atoms with Crippen LogP contribution in [0.3, 0.4) is 0 Å². The summed E-state index contributed by atoms with van der Waals surface area (Å²) in [6.45, 7) is 0. The third kappa shape index (κ3) is 5.50. The van der Waals surface area contributed by atoms with Gasteiger partial charge in [-0.3, -0.25) is 4.79 Å². The second-order valence-electron chi connectivity index (χ2n) is 5.08. The number of rotatable bonds is 1. The van der Waals surface area contributed by atoms with Crippen molar-refractivity contribution >= 4 is 5.97 Å². The highest BCUT2D eigenvalue weighted by molar-refractivity contribution is 5.69. The summed E-state index contributed by atoms with van der Waals surface area (Å²) in [5.41, 5.74) is 5.98. The van der Waals surface area contributed by atoms with E-state index in [9.17, 15) is 4.79 Å². The van der Waals surface area contributed by atoms with Gasteiger partial charge >= 0.3 is 5.97 Å². The molecule has 1 rings (SSSR count). The predicted molar refractivity (Wildman–Crippen MR) is 65.3 cm³/mol. The van der Waals surface area contributed by atoms with Crippen molar-refractivity contribution in [1.29, 1.82) is 0 Å². The SMILES string of the molecule is NC1CCCCCCCCCC(C(=O)O)C1. The van der Waals surface area contributed by atoms with Gasteiger partial charge in [0.15, 0.2) is 0 Å². The van der Waals surface area contributed by atoms with E-state index in [1.165, 1.54) is 32.1 Å². The number of nitrogens with two attached hydrogens (primary N) is 1. The number of hydrogen-bond acceptors (Lipinski definition) is 2. The molecule has 94 valence electrons. The molecule has 3 heteroatoms. The molecule has 0 bridgehead atoms. The average Bonchev–Trinajstić information content (AvgIpc) is 2.22. The summed E-state index contributed by atoms with van der Waals surface area (Å²) in [5, 5.41) is 9.11. The topological polar surface area (TPSA) is 63.3 Å². The van der Waals surface area contributed by atoms with E-state index < -0.39 is 5.97 Å². The Kier molecular flexibility index (Phi) is 6.46. The molecule has 0 saturated heterocycles. The molecular formula is C13H25NO2. The third-order valence-electron chi connectivity index (χ3n) is 3.56. The van der Waals surface area contributed by atoms with Crippen LogP contribution in [-0.4, -0.2) is 17.1 Å². The average molecular weight is 227 g/mol. The molecule has 2 atom stereocenters. The fourth-order valence-corrected chi connectivity index (χ4v) is 2.51. The molecule has 0 amide bonds. The maximum absolute atomic E-state index is 11.1. The second kappa shape index (κ2) is 7.66. The molecule has 1 aliphatic carbocycles. The minimum atomic E-state index is -0.660. The highest BCUT2D eigenvalue weighted by Gasteiger charge is 2.20. The van der Waals surface area contributed by atoms with Crippen LogP contribution in [0.25, 0.3) is 0 Å².